The van der Waals surface area contributed by atoms with E-state index in [-0.39, 0.29) is 6.61 Å². The maximum absolute atomic E-state index is 15.1. The van der Waals surface area contributed by atoms with Gasteiger partial charge in [0.1, 0.15) is 6.10 Å². The predicted octanol–water partition coefficient (Wildman–Crippen LogP) is 1.29. The van der Waals surface area contributed by atoms with E-state index in [0.29, 0.717) is 0 Å². The highest BCUT2D eigenvalue weighted by atomic mass is 35.5. The Bertz CT molecular complexity index is 794. The molecule has 0 radical (unpaired) electrons. The minimum atomic E-state index is -4.01. The van der Waals surface area contributed by atoms with Gasteiger partial charge in [-0.1, -0.05) is 11.6 Å². The lowest BCUT2D eigenvalue weighted by molar-refractivity contribution is -0.0749. The molecule has 2 saturated heterocycles. The fourth-order valence-corrected chi connectivity index (χ4v) is 4.48. The van der Waals surface area contributed by atoms with E-state index in [1.807, 2.05) is 4.98 Å². The van der Waals surface area contributed by atoms with E-state index in [1.54, 1.807) is 13.8 Å². The van der Waals surface area contributed by atoms with Gasteiger partial charge in [0.05, 0.1) is 12.7 Å². The maximum atomic E-state index is 15.1. The summed E-state index contributed by atoms with van der Waals surface area (Å²) in [6.45, 7) is 2.92. The normalized spacial score (nSPS) is 39.1. The summed E-state index contributed by atoms with van der Waals surface area (Å²) in [5, 5.41) is -2.73. The molecule has 1 N–H and O–H groups in total. The van der Waals surface area contributed by atoms with Gasteiger partial charge in [0.25, 0.3) is 10.7 Å². The van der Waals surface area contributed by atoms with E-state index >= 15 is 4.39 Å². The fraction of sp³-hybridized carbons (Fsp3) is 0.667. The van der Waals surface area contributed by atoms with E-state index < -0.39 is 48.7 Å². The Balaban J connectivity index is 1.91. The number of aromatic nitrogens is 2. The Morgan fingerprint density at radius 3 is 2.88 bits per heavy atom. The van der Waals surface area contributed by atoms with Crippen LogP contribution in [0.1, 0.15) is 20.1 Å². The van der Waals surface area contributed by atoms with E-state index in [1.165, 1.54) is 0 Å². The molecule has 3 rings (SSSR count). The number of ether oxygens (including phenoxy) is 1. The smallest absolute Gasteiger partial charge is 0.344 e. The van der Waals surface area contributed by atoms with Gasteiger partial charge in [-0.15, -0.1) is 0 Å². The number of rotatable bonds is 3. The molecular formula is C12H15ClFN2O7P. The summed E-state index contributed by atoms with van der Waals surface area (Å²) in [6, 6.07) is 1.02. The minimum Gasteiger partial charge on any atom is -0.344 e. The summed E-state index contributed by atoms with van der Waals surface area (Å²) in [5.74, 6) is 0. The molecule has 2 aliphatic heterocycles. The zero-order chi connectivity index (χ0) is 17.7. The number of nitrogens with zero attached hydrogens (tertiary/aromatic N) is 1. The average Bonchev–Trinajstić information content (AvgIpc) is 2.69. The topological polar surface area (TPSA) is 109 Å². The van der Waals surface area contributed by atoms with E-state index in [9.17, 15) is 14.2 Å². The molecule has 9 nitrogen and oxygen atoms in total. The Morgan fingerprint density at radius 2 is 2.25 bits per heavy atom. The predicted molar refractivity (Wildman–Crippen MR) is 79.6 cm³/mol. The first kappa shape index (κ1) is 17.8. The van der Waals surface area contributed by atoms with Crippen LogP contribution < -0.4 is 11.2 Å². The van der Waals surface area contributed by atoms with Crippen LogP contribution in [-0.4, -0.2) is 39.6 Å². The summed E-state index contributed by atoms with van der Waals surface area (Å²) in [4.78, 5) is 24.9. The molecular weight excluding hydrogens is 370 g/mol. The molecule has 5 atom stereocenters. The molecule has 0 saturated carbocycles. The standard InChI is InChI=1S/C12H15ClFN2O7P/c1-6(2)22-24(19)20-5-7-9(23-24)12(13,14)10(21-7)16-4-3-8(17)15-11(16)18/h3-4,6-7,9-10H,5H2,1-2H3,(H,15,17,18)/t7-,9-,10-,12-,24+/m1/s1. The first-order valence-electron chi connectivity index (χ1n) is 7.08. The lowest BCUT2D eigenvalue weighted by Gasteiger charge is -2.33. The number of phosphoric acid groups is 1. The van der Waals surface area contributed by atoms with E-state index in [4.69, 9.17) is 29.9 Å². The summed E-state index contributed by atoms with van der Waals surface area (Å²) in [6.07, 6.45) is -3.54. The molecule has 2 fully saturated rings. The maximum Gasteiger partial charge on any atom is 0.475 e. The van der Waals surface area contributed by atoms with Crippen molar-refractivity contribution in [1.29, 1.82) is 0 Å². The van der Waals surface area contributed by atoms with Crippen LogP contribution in [0, 0.1) is 0 Å². The fourth-order valence-electron chi connectivity index (χ4n) is 2.49. The van der Waals surface area contributed by atoms with Crippen molar-refractivity contribution < 1.29 is 27.3 Å². The molecule has 24 heavy (non-hydrogen) atoms. The molecule has 134 valence electrons. The second-order valence-electron chi connectivity index (χ2n) is 5.64. The molecule has 0 aliphatic carbocycles. The lowest BCUT2D eigenvalue weighted by Crippen LogP contribution is -2.45. The summed E-state index contributed by atoms with van der Waals surface area (Å²) < 4.78 is 48.9. The van der Waals surface area contributed by atoms with Crippen molar-refractivity contribution >= 4 is 19.4 Å². The molecule has 0 bridgehead atoms. The number of halogens is 2. The van der Waals surface area contributed by atoms with Crippen molar-refractivity contribution in [2.75, 3.05) is 6.61 Å². The highest BCUT2D eigenvalue weighted by Gasteiger charge is 2.63. The first-order chi connectivity index (χ1) is 11.1. The lowest BCUT2D eigenvalue weighted by atomic mass is 10.1. The van der Waals surface area contributed by atoms with Crippen LogP contribution >= 0.6 is 19.4 Å². The van der Waals surface area contributed by atoms with E-state index in [2.05, 4.69) is 0 Å². The van der Waals surface area contributed by atoms with Gasteiger partial charge >= 0.3 is 13.5 Å². The summed E-state index contributed by atoms with van der Waals surface area (Å²) in [5.41, 5.74) is -1.56. The van der Waals surface area contributed by atoms with Gasteiger partial charge in [-0.05, 0) is 13.8 Å². The van der Waals surface area contributed by atoms with Crippen LogP contribution in [0.5, 0.6) is 0 Å². The third-order valence-electron chi connectivity index (χ3n) is 3.43. The van der Waals surface area contributed by atoms with Gasteiger partial charge in [0.2, 0.25) is 0 Å². The number of hydrogen-bond acceptors (Lipinski definition) is 7. The molecule has 12 heteroatoms. The Hall–Kier alpha value is -1.03. The highest BCUT2D eigenvalue weighted by molar-refractivity contribution is 7.48. The second kappa shape index (κ2) is 6.05. The van der Waals surface area contributed by atoms with Crippen LogP contribution in [0.3, 0.4) is 0 Å². The monoisotopic (exact) mass is 384 g/mol. The highest BCUT2D eigenvalue weighted by Crippen LogP contribution is 2.60. The second-order valence-corrected chi connectivity index (χ2v) is 7.80. The van der Waals surface area contributed by atoms with Crippen molar-refractivity contribution in [3.05, 3.63) is 33.1 Å². The first-order valence-corrected chi connectivity index (χ1v) is 8.92. The number of phosphoric ester groups is 1. The number of nitrogens with one attached hydrogen (secondary N) is 1. The number of hydrogen-bond donors (Lipinski definition) is 1. The Kier molecular flexibility index (Phi) is 4.48. The van der Waals surface area contributed by atoms with Crippen LogP contribution in [0.15, 0.2) is 21.9 Å². The van der Waals surface area contributed by atoms with Crippen LogP contribution in [0.4, 0.5) is 4.39 Å². The SMILES string of the molecule is CC(C)O[P@]1(=O)OC[C@H]2O[C@@H](n3ccc(=O)[nH]c3=O)[C@@](F)(Cl)[C@@H]2O1. The number of aromatic amines is 1. The zero-order valence-electron chi connectivity index (χ0n) is 12.7. The number of alkyl halides is 2. The third-order valence-corrected chi connectivity index (χ3v) is 5.47. The molecule has 0 amide bonds. The largest absolute Gasteiger partial charge is 0.475 e. The molecule has 0 spiro atoms. The van der Waals surface area contributed by atoms with Crippen LogP contribution in [0.2, 0.25) is 0 Å². The molecule has 1 aromatic rings. The summed E-state index contributed by atoms with van der Waals surface area (Å²) in [7, 11) is -4.01. The van der Waals surface area contributed by atoms with Gasteiger partial charge < -0.3 is 4.74 Å². The number of H-pyrrole nitrogens is 1. The summed E-state index contributed by atoms with van der Waals surface area (Å²) >= 11 is 5.92. The molecule has 1 aromatic heterocycles. The van der Waals surface area contributed by atoms with E-state index in [0.717, 1.165) is 16.8 Å². The van der Waals surface area contributed by atoms with Gasteiger partial charge in [-0.3, -0.25) is 27.9 Å². The van der Waals surface area contributed by atoms with Crippen molar-refractivity contribution in [2.45, 2.75) is 43.5 Å². The van der Waals surface area contributed by atoms with Crippen molar-refractivity contribution in [3.63, 3.8) is 0 Å². The third kappa shape index (κ3) is 3.10. The Morgan fingerprint density at radius 1 is 1.54 bits per heavy atom. The number of fused-ring (bicyclic) bond motifs is 1. The molecule has 0 aromatic carbocycles. The van der Waals surface area contributed by atoms with Gasteiger partial charge in [0, 0.05) is 12.3 Å². The van der Waals surface area contributed by atoms with Gasteiger partial charge in [-0.25, -0.2) is 13.8 Å². The Labute approximate surface area is 140 Å². The van der Waals surface area contributed by atoms with Gasteiger partial charge in [-0.2, -0.15) is 0 Å². The quantitative estimate of drug-likeness (QED) is 0.617. The average molecular weight is 385 g/mol. The molecule has 3 heterocycles. The van der Waals surface area contributed by atoms with Crippen LogP contribution in [0.25, 0.3) is 0 Å². The van der Waals surface area contributed by atoms with Crippen molar-refractivity contribution in [2.24, 2.45) is 0 Å². The van der Waals surface area contributed by atoms with Crippen molar-refractivity contribution in [3.8, 4) is 0 Å². The van der Waals surface area contributed by atoms with Gasteiger partial charge in [0.15, 0.2) is 12.3 Å². The van der Waals surface area contributed by atoms with Crippen molar-refractivity contribution in [1.82, 2.24) is 9.55 Å². The minimum absolute atomic E-state index is 0.290. The van der Waals surface area contributed by atoms with Crippen LogP contribution in [-0.2, 0) is 22.9 Å². The molecule has 2 aliphatic rings. The molecule has 0 unspecified atom stereocenters. The zero-order valence-corrected chi connectivity index (χ0v) is 14.3.